The lowest BCUT2D eigenvalue weighted by atomic mass is 9.96. The third-order valence-corrected chi connectivity index (χ3v) is 4.05. The van der Waals surface area contributed by atoms with E-state index in [1.54, 1.807) is 0 Å². The van der Waals surface area contributed by atoms with E-state index in [-0.39, 0.29) is 0 Å². The average Bonchev–Trinajstić information content (AvgIpc) is 2.45. The predicted molar refractivity (Wildman–Crippen MR) is 85.8 cm³/mol. The van der Waals surface area contributed by atoms with Gasteiger partial charge in [-0.3, -0.25) is 0 Å². The van der Waals surface area contributed by atoms with Gasteiger partial charge in [0.25, 0.3) is 0 Å². The second kappa shape index (κ2) is 4.71. The van der Waals surface area contributed by atoms with Crippen molar-refractivity contribution in [3.05, 3.63) is 65.7 Å². The van der Waals surface area contributed by atoms with Gasteiger partial charge in [0.05, 0.1) is 0 Å². The maximum atomic E-state index is 5.98. The van der Waals surface area contributed by atoms with E-state index in [9.17, 15) is 0 Å². The molecule has 19 heavy (non-hydrogen) atoms. The van der Waals surface area contributed by atoms with E-state index in [0.29, 0.717) is 5.88 Å². The van der Waals surface area contributed by atoms with Crippen LogP contribution in [0.5, 0.6) is 0 Å². The first-order valence-corrected chi connectivity index (χ1v) is 6.91. The maximum absolute atomic E-state index is 5.98. The lowest BCUT2D eigenvalue weighted by molar-refractivity contribution is 1.33. The van der Waals surface area contributed by atoms with Gasteiger partial charge in [0.15, 0.2) is 0 Å². The fourth-order valence-electron chi connectivity index (χ4n) is 2.56. The van der Waals surface area contributed by atoms with Crippen LogP contribution >= 0.6 is 11.6 Å². The zero-order valence-electron chi connectivity index (χ0n) is 10.9. The molecule has 0 saturated heterocycles. The molecule has 0 aliphatic rings. The van der Waals surface area contributed by atoms with Gasteiger partial charge in [-0.1, -0.05) is 36.9 Å². The van der Waals surface area contributed by atoms with Crippen molar-refractivity contribution in [1.29, 1.82) is 0 Å². The topological polar surface area (TPSA) is 0 Å². The minimum absolute atomic E-state index is 0.565. The molecule has 0 bridgehead atoms. The van der Waals surface area contributed by atoms with Crippen molar-refractivity contribution in [2.24, 2.45) is 0 Å². The summed E-state index contributed by atoms with van der Waals surface area (Å²) in [4.78, 5) is 0. The summed E-state index contributed by atoms with van der Waals surface area (Å²) in [6.07, 6.45) is 1.88. The smallest absolute Gasteiger partial charge is 0.0476 e. The molecule has 0 fully saturated rings. The van der Waals surface area contributed by atoms with E-state index in [2.05, 4.69) is 56.0 Å². The van der Waals surface area contributed by atoms with Gasteiger partial charge in [-0.05, 0) is 63.4 Å². The Morgan fingerprint density at radius 1 is 1.00 bits per heavy atom. The van der Waals surface area contributed by atoms with Crippen LogP contribution in [-0.4, -0.2) is 0 Å². The molecule has 0 atom stereocenters. The van der Waals surface area contributed by atoms with E-state index in [1.807, 2.05) is 6.08 Å². The molecule has 0 aromatic heterocycles. The van der Waals surface area contributed by atoms with Crippen LogP contribution in [-0.2, 0) is 5.88 Å². The molecule has 0 aliphatic heterocycles. The van der Waals surface area contributed by atoms with Crippen molar-refractivity contribution in [3.8, 4) is 0 Å². The third-order valence-electron chi connectivity index (χ3n) is 3.76. The minimum atomic E-state index is 0.565. The van der Waals surface area contributed by atoms with Crippen molar-refractivity contribution < 1.29 is 0 Å². The fourth-order valence-corrected chi connectivity index (χ4v) is 2.85. The first-order valence-electron chi connectivity index (χ1n) is 6.37. The molecule has 0 amide bonds. The summed E-state index contributed by atoms with van der Waals surface area (Å²) in [7, 11) is 0. The Morgan fingerprint density at radius 2 is 1.79 bits per heavy atom. The van der Waals surface area contributed by atoms with Crippen LogP contribution in [0, 0.1) is 6.92 Å². The largest absolute Gasteiger partial charge is 0.122 e. The number of hydrogen-bond acceptors (Lipinski definition) is 0. The number of benzene rings is 3. The highest BCUT2D eigenvalue weighted by molar-refractivity contribution is 6.17. The highest BCUT2D eigenvalue weighted by Gasteiger charge is 2.05. The van der Waals surface area contributed by atoms with Gasteiger partial charge in [0, 0.05) is 5.88 Å². The van der Waals surface area contributed by atoms with Crippen LogP contribution in [0.15, 0.2) is 49.0 Å². The lowest BCUT2D eigenvalue weighted by Crippen LogP contribution is -1.87. The second-order valence-corrected chi connectivity index (χ2v) is 5.13. The standard InChI is InChI=1S/C18H15Cl/c1-3-13-4-5-14-10-18-12(2)16(11-19)7-6-15(18)9-17(14)8-13/h3-10H,1,11H2,2H3. The molecule has 0 N–H and O–H groups in total. The normalized spacial score (nSPS) is 11.1. The lowest BCUT2D eigenvalue weighted by Gasteiger charge is -2.09. The summed E-state index contributed by atoms with van der Waals surface area (Å²) in [6, 6.07) is 15.2. The Labute approximate surface area is 118 Å². The second-order valence-electron chi connectivity index (χ2n) is 4.87. The molecule has 0 aliphatic carbocycles. The molecule has 3 aromatic carbocycles. The molecule has 0 nitrogen and oxygen atoms in total. The van der Waals surface area contributed by atoms with E-state index in [0.717, 1.165) is 5.56 Å². The summed E-state index contributed by atoms with van der Waals surface area (Å²) in [6.45, 7) is 5.97. The number of rotatable bonds is 2. The summed E-state index contributed by atoms with van der Waals surface area (Å²) >= 11 is 5.98. The third kappa shape index (κ3) is 2.02. The SMILES string of the molecule is C=Cc1ccc2cc3c(C)c(CCl)ccc3cc2c1. The fraction of sp³-hybridized carbons (Fsp3) is 0.111. The highest BCUT2D eigenvalue weighted by atomic mass is 35.5. The Bertz CT molecular complexity index is 784. The Hall–Kier alpha value is -1.79. The first-order chi connectivity index (χ1) is 9.22. The molecule has 0 radical (unpaired) electrons. The van der Waals surface area contributed by atoms with E-state index >= 15 is 0 Å². The van der Waals surface area contributed by atoms with Gasteiger partial charge in [-0.2, -0.15) is 0 Å². The van der Waals surface area contributed by atoms with Crippen molar-refractivity contribution in [2.45, 2.75) is 12.8 Å². The zero-order valence-corrected chi connectivity index (χ0v) is 11.7. The molecule has 0 heterocycles. The van der Waals surface area contributed by atoms with Gasteiger partial charge in [-0.25, -0.2) is 0 Å². The van der Waals surface area contributed by atoms with E-state index in [4.69, 9.17) is 11.6 Å². The summed E-state index contributed by atoms with van der Waals surface area (Å²) in [5, 5.41) is 5.06. The maximum Gasteiger partial charge on any atom is 0.0476 e. The number of hydrogen-bond donors (Lipinski definition) is 0. The predicted octanol–water partition coefficient (Wildman–Crippen LogP) is 5.68. The molecular weight excluding hydrogens is 252 g/mol. The van der Waals surface area contributed by atoms with Gasteiger partial charge < -0.3 is 0 Å². The van der Waals surface area contributed by atoms with Crippen molar-refractivity contribution >= 4 is 39.2 Å². The number of alkyl halides is 1. The van der Waals surface area contributed by atoms with Crippen molar-refractivity contribution in [1.82, 2.24) is 0 Å². The molecule has 3 aromatic rings. The van der Waals surface area contributed by atoms with Crippen molar-refractivity contribution in [2.75, 3.05) is 0 Å². The van der Waals surface area contributed by atoms with Crippen LogP contribution in [0.4, 0.5) is 0 Å². The quantitative estimate of drug-likeness (QED) is 0.413. The number of halogens is 1. The molecule has 3 rings (SSSR count). The van der Waals surface area contributed by atoms with Gasteiger partial charge >= 0.3 is 0 Å². The Balaban J connectivity index is 2.37. The number of aryl methyl sites for hydroxylation is 1. The monoisotopic (exact) mass is 266 g/mol. The molecule has 94 valence electrons. The van der Waals surface area contributed by atoms with Gasteiger partial charge in [0.1, 0.15) is 0 Å². The summed E-state index contributed by atoms with van der Waals surface area (Å²) in [5.74, 6) is 0.565. The van der Waals surface area contributed by atoms with E-state index < -0.39 is 0 Å². The van der Waals surface area contributed by atoms with Crippen LogP contribution in [0.2, 0.25) is 0 Å². The van der Waals surface area contributed by atoms with Crippen LogP contribution < -0.4 is 0 Å². The van der Waals surface area contributed by atoms with Gasteiger partial charge in [-0.15, -0.1) is 11.6 Å². The van der Waals surface area contributed by atoms with Crippen LogP contribution in [0.3, 0.4) is 0 Å². The summed E-state index contributed by atoms with van der Waals surface area (Å²) in [5.41, 5.74) is 3.64. The van der Waals surface area contributed by atoms with Crippen LogP contribution in [0.1, 0.15) is 16.7 Å². The Kier molecular flexibility index (Phi) is 3.04. The molecule has 0 unspecified atom stereocenters. The molecular formula is C18H15Cl. The molecule has 1 heteroatoms. The van der Waals surface area contributed by atoms with Gasteiger partial charge in [0.2, 0.25) is 0 Å². The average molecular weight is 267 g/mol. The Morgan fingerprint density at radius 3 is 2.53 bits per heavy atom. The molecule has 0 spiro atoms. The minimum Gasteiger partial charge on any atom is -0.122 e. The van der Waals surface area contributed by atoms with E-state index in [1.165, 1.54) is 32.7 Å². The first kappa shape index (κ1) is 12.3. The molecule has 0 saturated carbocycles. The number of fused-ring (bicyclic) bond motifs is 2. The summed E-state index contributed by atoms with van der Waals surface area (Å²) < 4.78 is 0. The zero-order chi connectivity index (χ0) is 13.4. The highest BCUT2D eigenvalue weighted by Crippen LogP contribution is 2.28. The van der Waals surface area contributed by atoms with Crippen LogP contribution in [0.25, 0.3) is 27.6 Å². The van der Waals surface area contributed by atoms with Crippen molar-refractivity contribution in [3.63, 3.8) is 0 Å².